The van der Waals surface area contributed by atoms with Crippen LogP contribution in [0.15, 0.2) is 48.5 Å². The maximum absolute atomic E-state index is 13.3. The van der Waals surface area contributed by atoms with Gasteiger partial charge >= 0.3 is 18.8 Å². The Kier molecular flexibility index (Phi) is 7.39. The number of likely N-dealkylation sites (tertiary alicyclic amines) is 1. The zero-order valence-corrected chi connectivity index (χ0v) is 20.3. The summed E-state index contributed by atoms with van der Waals surface area (Å²) in [5, 5.41) is 0. The molecule has 3 amide bonds. The number of piperidine rings is 1. The highest BCUT2D eigenvalue weighted by molar-refractivity contribution is 6.00. The molecule has 1 spiro atoms. The Morgan fingerprint density at radius 3 is 1.79 bits per heavy atom. The maximum Gasteiger partial charge on any atom is 0.573 e. The zero-order chi connectivity index (χ0) is 27.7. The van der Waals surface area contributed by atoms with Crippen LogP contribution in [0.4, 0.5) is 42.5 Å². The summed E-state index contributed by atoms with van der Waals surface area (Å²) in [4.78, 5) is 31.1. The van der Waals surface area contributed by atoms with Crippen molar-refractivity contribution >= 4 is 23.3 Å². The van der Waals surface area contributed by atoms with Crippen molar-refractivity contribution in [2.45, 2.75) is 38.9 Å². The van der Waals surface area contributed by atoms with Gasteiger partial charge in [0.1, 0.15) is 11.5 Å². The van der Waals surface area contributed by atoms with Gasteiger partial charge in [0.2, 0.25) is 5.91 Å². The first-order valence-electron chi connectivity index (χ1n) is 11.9. The average molecular weight is 545 g/mol. The number of nitrogens with zero attached hydrogens (tertiary/aromatic N) is 3. The molecule has 7 nitrogen and oxygen atoms in total. The predicted molar refractivity (Wildman–Crippen MR) is 125 cm³/mol. The molecule has 0 saturated carbocycles. The molecule has 2 aliphatic heterocycles. The molecule has 2 fully saturated rings. The maximum atomic E-state index is 13.3. The van der Waals surface area contributed by atoms with E-state index < -0.39 is 23.9 Å². The lowest BCUT2D eigenvalue weighted by Gasteiger charge is -2.39. The fraction of sp³-hybridized carbons (Fsp3) is 0.440. The van der Waals surface area contributed by atoms with Crippen LogP contribution in [0, 0.1) is 5.41 Å². The van der Waals surface area contributed by atoms with E-state index in [1.807, 2.05) is 0 Å². The summed E-state index contributed by atoms with van der Waals surface area (Å²) in [7, 11) is 0. The smallest absolute Gasteiger partial charge is 0.406 e. The van der Waals surface area contributed by atoms with Gasteiger partial charge in [0.05, 0.1) is 5.41 Å². The summed E-state index contributed by atoms with van der Waals surface area (Å²) < 4.78 is 82.2. The van der Waals surface area contributed by atoms with Crippen LogP contribution in [-0.4, -0.2) is 55.7 Å². The van der Waals surface area contributed by atoms with E-state index in [0.717, 1.165) is 24.3 Å². The molecule has 0 unspecified atom stereocenters. The number of halogens is 6. The van der Waals surface area contributed by atoms with Crippen molar-refractivity contribution in [1.29, 1.82) is 0 Å². The van der Waals surface area contributed by atoms with Crippen molar-refractivity contribution in [2.24, 2.45) is 5.41 Å². The summed E-state index contributed by atoms with van der Waals surface area (Å²) in [6, 6.07) is 9.81. The lowest BCUT2D eigenvalue weighted by Crippen LogP contribution is -2.51. The van der Waals surface area contributed by atoms with E-state index in [1.165, 1.54) is 34.1 Å². The molecule has 0 aromatic heterocycles. The minimum Gasteiger partial charge on any atom is -0.406 e. The lowest BCUT2D eigenvalue weighted by atomic mass is 9.77. The highest BCUT2D eigenvalue weighted by atomic mass is 19.4. The van der Waals surface area contributed by atoms with Gasteiger partial charge < -0.3 is 19.3 Å². The Balaban J connectivity index is 1.37. The van der Waals surface area contributed by atoms with Gasteiger partial charge in [0, 0.05) is 37.6 Å². The number of carbonyl (C=O) groups is 2. The van der Waals surface area contributed by atoms with Gasteiger partial charge in [-0.25, -0.2) is 4.79 Å². The van der Waals surface area contributed by atoms with Crippen molar-refractivity contribution in [1.82, 2.24) is 4.90 Å². The molecule has 0 atom stereocenters. The van der Waals surface area contributed by atoms with Gasteiger partial charge in [-0.1, -0.05) is 0 Å². The zero-order valence-electron chi connectivity index (χ0n) is 20.3. The van der Waals surface area contributed by atoms with E-state index >= 15 is 0 Å². The summed E-state index contributed by atoms with van der Waals surface area (Å²) in [5.74, 6) is -0.907. The number of urea groups is 1. The van der Waals surface area contributed by atoms with E-state index in [2.05, 4.69) is 9.47 Å². The Bertz CT molecular complexity index is 1140. The van der Waals surface area contributed by atoms with Crippen LogP contribution in [0.25, 0.3) is 0 Å². The number of hydrogen-bond acceptors (Lipinski definition) is 4. The number of ether oxygens (including phenoxy) is 2. The molecule has 2 aliphatic rings. The molecule has 0 N–H and O–H groups in total. The van der Waals surface area contributed by atoms with Crippen molar-refractivity contribution in [3.8, 4) is 11.5 Å². The second-order valence-corrected chi connectivity index (χ2v) is 9.08. The molecule has 2 aromatic rings. The second-order valence-electron chi connectivity index (χ2n) is 9.08. The number of anilines is 2. The predicted octanol–water partition coefficient (Wildman–Crippen LogP) is 5.95. The van der Waals surface area contributed by atoms with Crippen molar-refractivity contribution in [3.05, 3.63) is 48.5 Å². The van der Waals surface area contributed by atoms with Crippen molar-refractivity contribution in [2.75, 3.05) is 36.0 Å². The minimum absolute atomic E-state index is 0.137. The van der Waals surface area contributed by atoms with Gasteiger partial charge in [-0.2, -0.15) is 0 Å². The first-order chi connectivity index (χ1) is 17.8. The Morgan fingerprint density at radius 2 is 1.32 bits per heavy atom. The van der Waals surface area contributed by atoms with Gasteiger partial charge in [-0.15, -0.1) is 26.3 Å². The third kappa shape index (κ3) is 6.08. The van der Waals surface area contributed by atoms with Gasteiger partial charge in [-0.05, 0) is 74.7 Å². The number of alkyl halides is 6. The van der Waals surface area contributed by atoms with Crippen LogP contribution in [0.2, 0.25) is 0 Å². The van der Waals surface area contributed by atoms with Gasteiger partial charge in [0.25, 0.3) is 0 Å². The summed E-state index contributed by atoms with van der Waals surface area (Å²) in [6.07, 6.45) is -8.24. The minimum atomic E-state index is -4.82. The van der Waals surface area contributed by atoms with Crippen molar-refractivity contribution < 1.29 is 45.4 Å². The molecule has 0 radical (unpaired) electrons. The normalized spacial score (nSPS) is 17.6. The topological polar surface area (TPSA) is 62.3 Å². The first-order valence-corrected chi connectivity index (χ1v) is 11.9. The van der Waals surface area contributed by atoms with E-state index in [9.17, 15) is 35.9 Å². The largest absolute Gasteiger partial charge is 0.573 e. The summed E-state index contributed by atoms with van der Waals surface area (Å²) in [5.41, 5.74) is 0.203. The van der Waals surface area contributed by atoms with Gasteiger partial charge in [0.15, 0.2) is 0 Å². The average Bonchev–Trinajstić information content (AvgIpc) is 3.15. The lowest BCUT2D eigenvalue weighted by molar-refractivity contribution is -0.275. The fourth-order valence-electron chi connectivity index (χ4n) is 4.91. The molecule has 0 aliphatic carbocycles. The molecular formula is C25H25F6N3O4. The van der Waals surface area contributed by atoms with E-state index in [1.54, 1.807) is 11.8 Å². The van der Waals surface area contributed by atoms with Crippen molar-refractivity contribution in [3.63, 3.8) is 0 Å². The van der Waals surface area contributed by atoms with E-state index in [4.69, 9.17) is 0 Å². The molecular weight excluding hydrogens is 520 g/mol. The van der Waals surface area contributed by atoms with E-state index in [0.29, 0.717) is 50.3 Å². The number of benzene rings is 2. The van der Waals surface area contributed by atoms with Crippen LogP contribution in [0.3, 0.4) is 0 Å². The van der Waals surface area contributed by atoms with Gasteiger partial charge in [-0.3, -0.25) is 9.69 Å². The third-order valence-corrected chi connectivity index (χ3v) is 6.81. The Labute approximate surface area is 214 Å². The fourth-order valence-corrected chi connectivity index (χ4v) is 4.91. The molecule has 2 saturated heterocycles. The molecule has 38 heavy (non-hydrogen) atoms. The number of rotatable bonds is 5. The molecule has 4 rings (SSSR count). The number of amides is 3. The Morgan fingerprint density at radius 1 is 0.842 bits per heavy atom. The summed E-state index contributed by atoms with van der Waals surface area (Å²) >= 11 is 0. The molecule has 2 heterocycles. The second kappa shape index (κ2) is 10.3. The highest BCUT2D eigenvalue weighted by Gasteiger charge is 2.49. The number of carbonyl (C=O) groups excluding carboxylic acids is 2. The highest BCUT2D eigenvalue weighted by Crippen LogP contribution is 2.43. The quantitative estimate of drug-likeness (QED) is 0.436. The third-order valence-electron chi connectivity index (χ3n) is 6.81. The van der Waals surface area contributed by atoms with Crippen LogP contribution >= 0.6 is 0 Å². The van der Waals surface area contributed by atoms with Crippen LogP contribution in [-0.2, 0) is 4.79 Å². The SMILES string of the molecule is CCN(C(=O)N1CCC2(CC1)CCN(c1ccc(OC(F)(F)F)cc1)C2=O)c1ccc(OC(F)(F)F)cc1. The van der Waals surface area contributed by atoms with Crippen LogP contribution in [0.5, 0.6) is 11.5 Å². The number of hydrogen-bond donors (Lipinski definition) is 0. The molecule has 0 bridgehead atoms. The first kappa shape index (κ1) is 27.4. The van der Waals surface area contributed by atoms with Crippen LogP contribution < -0.4 is 19.3 Å². The Hall–Kier alpha value is -3.64. The monoisotopic (exact) mass is 545 g/mol. The summed E-state index contributed by atoms with van der Waals surface area (Å²) in [6.45, 7) is 3.04. The van der Waals surface area contributed by atoms with E-state index in [-0.39, 0.29) is 24.2 Å². The van der Waals surface area contributed by atoms with Crippen LogP contribution in [0.1, 0.15) is 26.2 Å². The standard InChI is InChI=1S/C25H25F6N3O4/c1-2-33(17-3-7-19(8-4-17)37-24(26,27)28)22(36)32-14-11-23(12-15-32)13-16-34(21(23)35)18-5-9-20(10-6-18)38-25(29,30)31/h3-10H,2,11-16H2,1H3. The molecule has 206 valence electrons. The molecule has 13 heteroatoms. The molecule has 2 aromatic carbocycles.